The molecule has 96 valence electrons. The second-order valence-electron chi connectivity index (χ2n) is 4.56. The fourth-order valence-electron chi connectivity index (χ4n) is 1.96. The van der Waals surface area contributed by atoms with Gasteiger partial charge in [-0.15, -0.1) is 0 Å². The fraction of sp³-hybridized carbons (Fsp3) is 0.333. The molecule has 1 unspecified atom stereocenters. The molecule has 1 aromatic heterocycles. The number of halogens is 1. The van der Waals surface area contributed by atoms with Crippen LogP contribution in [0.5, 0.6) is 0 Å². The van der Waals surface area contributed by atoms with Gasteiger partial charge in [-0.25, -0.2) is 0 Å². The van der Waals surface area contributed by atoms with Gasteiger partial charge in [0.05, 0.1) is 6.04 Å². The van der Waals surface area contributed by atoms with Crippen molar-refractivity contribution in [2.24, 2.45) is 0 Å². The first-order chi connectivity index (χ1) is 8.65. The molecule has 1 aromatic carbocycles. The number of furan rings is 1. The van der Waals surface area contributed by atoms with E-state index < -0.39 is 0 Å². The summed E-state index contributed by atoms with van der Waals surface area (Å²) >= 11 is 3.32. The van der Waals surface area contributed by atoms with E-state index in [1.165, 1.54) is 11.1 Å². The molecule has 0 spiro atoms. The molecule has 3 heteroatoms. The first-order valence-corrected chi connectivity index (χ1v) is 6.98. The summed E-state index contributed by atoms with van der Waals surface area (Å²) in [5.41, 5.74) is 2.69. The van der Waals surface area contributed by atoms with Crippen LogP contribution < -0.4 is 5.32 Å². The van der Waals surface area contributed by atoms with Gasteiger partial charge in [0.25, 0.3) is 0 Å². The number of nitrogens with one attached hydrogen (secondary N) is 1. The predicted molar refractivity (Wildman–Crippen MR) is 77.7 cm³/mol. The van der Waals surface area contributed by atoms with Crippen LogP contribution in [-0.4, -0.2) is 6.54 Å². The van der Waals surface area contributed by atoms with Crippen molar-refractivity contribution < 1.29 is 4.42 Å². The molecule has 1 atom stereocenters. The predicted octanol–water partition coefficient (Wildman–Crippen LogP) is 4.24. The third kappa shape index (κ3) is 3.72. The minimum atomic E-state index is 0.237. The Kier molecular flexibility index (Phi) is 4.61. The zero-order valence-electron chi connectivity index (χ0n) is 10.7. The van der Waals surface area contributed by atoms with Gasteiger partial charge in [0.1, 0.15) is 5.76 Å². The molecule has 0 saturated heterocycles. The summed E-state index contributed by atoms with van der Waals surface area (Å²) in [7, 11) is 0. The third-order valence-electron chi connectivity index (χ3n) is 2.97. The molecule has 0 aliphatic heterocycles. The van der Waals surface area contributed by atoms with E-state index in [1.807, 2.05) is 12.1 Å². The van der Waals surface area contributed by atoms with Crippen LogP contribution in [0.3, 0.4) is 0 Å². The smallest absolute Gasteiger partial charge is 0.169 e. The van der Waals surface area contributed by atoms with Crippen LogP contribution in [0.15, 0.2) is 45.5 Å². The van der Waals surface area contributed by atoms with Crippen molar-refractivity contribution in [1.82, 2.24) is 5.32 Å². The highest BCUT2D eigenvalue weighted by molar-refractivity contribution is 9.10. The van der Waals surface area contributed by atoms with Crippen molar-refractivity contribution in [3.05, 3.63) is 58.0 Å². The highest BCUT2D eigenvalue weighted by atomic mass is 79.9. The normalized spacial score (nSPS) is 12.6. The molecule has 0 amide bonds. The Morgan fingerprint density at radius 2 is 2.11 bits per heavy atom. The van der Waals surface area contributed by atoms with Crippen LogP contribution in [-0.2, 0) is 6.42 Å². The molecule has 0 radical (unpaired) electrons. The number of aryl methyl sites for hydroxylation is 1. The second kappa shape index (κ2) is 6.21. The molecule has 2 nitrogen and oxygen atoms in total. The van der Waals surface area contributed by atoms with Gasteiger partial charge in [0, 0.05) is 0 Å². The Labute approximate surface area is 117 Å². The monoisotopic (exact) mass is 307 g/mol. The Bertz CT molecular complexity index is 507. The Balaban J connectivity index is 1.82. The molecule has 0 bridgehead atoms. The van der Waals surface area contributed by atoms with E-state index in [4.69, 9.17) is 4.42 Å². The van der Waals surface area contributed by atoms with Crippen molar-refractivity contribution in [1.29, 1.82) is 0 Å². The summed E-state index contributed by atoms with van der Waals surface area (Å²) in [5, 5.41) is 3.47. The van der Waals surface area contributed by atoms with Gasteiger partial charge in [0.15, 0.2) is 4.67 Å². The fourth-order valence-corrected chi connectivity index (χ4v) is 2.28. The van der Waals surface area contributed by atoms with Gasteiger partial charge >= 0.3 is 0 Å². The van der Waals surface area contributed by atoms with Crippen molar-refractivity contribution >= 4 is 15.9 Å². The maximum atomic E-state index is 5.52. The molecule has 0 aliphatic rings. The lowest BCUT2D eigenvalue weighted by atomic mass is 10.1. The molecule has 2 rings (SSSR count). The van der Waals surface area contributed by atoms with E-state index in [0.29, 0.717) is 0 Å². The van der Waals surface area contributed by atoms with E-state index in [1.54, 1.807) is 0 Å². The third-order valence-corrected chi connectivity index (χ3v) is 3.39. The van der Waals surface area contributed by atoms with Crippen LogP contribution in [0.25, 0.3) is 0 Å². The second-order valence-corrected chi connectivity index (χ2v) is 5.34. The van der Waals surface area contributed by atoms with Crippen LogP contribution in [0.2, 0.25) is 0 Å². The van der Waals surface area contributed by atoms with Crippen molar-refractivity contribution in [3.63, 3.8) is 0 Å². The molecular weight excluding hydrogens is 290 g/mol. The van der Waals surface area contributed by atoms with Crippen molar-refractivity contribution in [3.8, 4) is 0 Å². The maximum absolute atomic E-state index is 5.52. The quantitative estimate of drug-likeness (QED) is 0.893. The minimum Gasteiger partial charge on any atom is -0.453 e. The molecule has 1 N–H and O–H groups in total. The average molecular weight is 308 g/mol. The van der Waals surface area contributed by atoms with E-state index in [2.05, 4.69) is 59.4 Å². The van der Waals surface area contributed by atoms with Gasteiger partial charge in [-0.05, 0) is 60.4 Å². The van der Waals surface area contributed by atoms with Gasteiger partial charge in [0.2, 0.25) is 0 Å². The first kappa shape index (κ1) is 13.4. The summed E-state index contributed by atoms with van der Waals surface area (Å²) in [6.07, 6.45) is 1.04. The lowest BCUT2D eigenvalue weighted by Gasteiger charge is -2.11. The lowest BCUT2D eigenvalue weighted by Crippen LogP contribution is -2.20. The van der Waals surface area contributed by atoms with Gasteiger partial charge < -0.3 is 9.73 Å². The highest BCUT2D eigenvalue weighted by Crippen LogP contribution is 2.19. The molecule has 0 aliphatic carbocycles. The summed E-state index contributed by atoms with van der Waals surface area (Å²) in [6, 6.07) is 12.8. The molecule has 0 saturated carbocycles. The first-order valence-electron chi connectivity index (χ1n) is 6.19. The van der Waals surface area contributed by atoms with Crippen LogP contribution in [0.4, 0.5) is 0 Å². The topological polar surface area (TPSA) is 25.2 Å². The summed E-state index contributed by atoms with van der Waals surface area (Å²) in [5.74, 6) is 0.964. The summed E-state index contributed by atoms with van der Waals surface area (Å²) in [4.78, 5) is 0. The number of benzene rings is 1. The average Bonchev–Trinajstić information content (AvgIpc) is 2.76. The standard InChI is InChI=1S/C15H18BrNO/c1-11-4-3-5-13(10-11)8-9-17-12(2)14-6-7-15(16)18-14/h3-7,10,12,17H,8-9H2,1-2H3. The Morgan fingerprint density at radius 1 is 1.28 bits per heavy atom. The Morgan fingerprint density at radius 3 is 2.78 bits per heavy atom. The molecule has 1 heterocycles. The zero-order chi connectivity index (χ0) is 13.0. The number of rotatable bonds is 5. The van der Waals surface area contributed by atoms with Gasteiger partial charge in [-0.2, -0.15) is 0 Å². The minimum absolute atomic E-state index is 0.237. The summed E-state index contributed by atoms with van der Waals surface area (Å²) < 4.78 is 6.30. The van der Waals surface area contributed by atoms with Crippen molar-refractivity contribution in [2.75, 3.05) is 6.54 Å². The molecule has 18 heavy (non-hydrogen) atoms. The maximum Gasteiger partial charge on any atom is 0.169 e. The van der Waals surface area contributed by atoms with Gasteiger partial charge in [-0.3, -0.25) is 0 Å². The van der Waals surface area contributed by atoms with E-state index in [-0.39, 0.29) is 6.04 Å². The molecular formula is C15H18BrNO. The SMILES string of the molecule is Cc1cccc(CCNC(C)c2ccc(Br)o2)c1. The highest BCUT2D eigenvalue weighted by Gasteiger charge is 2.08. The van der Waals surface area contributed by atoms with E-state index in [9.17, 15) is 0 Å². The Hall–Kier alpha value is -1.06. The van der Waals surface area contributed by atoms with Crippen LogP contribution in [0, 0.1) is 6.92 Å². The van der Waals surface area contributed by atoms with E-state index >= 15 is 0 Å². The molecule has 0 fully saturated rings. The lowest BCUT2D eigenvalue weighted by molar-refractivity contribution is 0.420. The van der Waals surface area contributed by atoms with Crippen LogP contribution in [0.1, 0.15) is 29.9 Å². The molecule has 2 aromatic rings. The summed E-state index contributed by atoms with van der Waals surface area (Å²) in [6.45, 7) is 5.18. The number of hydrogen-bond donors (Lipinski definition) is 1. The van der Waals surface area contributed by atoms with Gasteiger partial charge in [-0.1, -0.05) is 29.8 Å². The zero-order valence-corrected chi connectivity index (χ0v) is 12.3. The van der Waals surface area contributed by atoms with Crippen LogP contribution >= 0.6 is 15.9 Å². The van der Waals surface area contributed by atoms with Crippen molar-refractivity contribution in [2.45, 2.75) is 26.3 Å². The van der Waals surface area contributed by atoms with E-state index in [0.717, 1.165) is 23.4 Å². The number of hydrogen-bond acceptors (Lipinski definition) is 2. The largest absolute Gasteiger partial charge is 0.453 e.